The summed E-state index contributed by atoms with van der Waals surface area (Å²) in [6.07, 6.45) is 0.408. The van der Waals surface area contributed by atoms with Crippen molar-refractivity contribution < 1.29 is 14.3 Å². The van der Waals surface area contributed by atoms with Crippen LogP contribution >= 0.6 is 0 Å². The molecule has 1 N–H and O–H groups in total. The minimum Gasteiger partial charge on any atom is -0.484 e. The molecule has 0 aliphatic carbocycles. The fraction of sp³-hybridized carbons (Fsp3) is 0.333. The van der Waals surface area contributed by atoms with Crippen LogP contribution in [0.4, 0.5) is 0 Å². The molecule has 3 rings (SSSR count). The van der Waals surface area contributed by atoms with Crippen molar-refractivity contribution in [3.05, 3.63) is 101 Å². The van der Waals surface area contributed by atoms with Gasteiger partial charge < -0.3 is 15.0 Å². The third-order valence-electron chi connectivity index (χ3n) is 5.75. The number of benzene rings is 3. The van der Waals surface area contributed by atoms with Gasteiger partial charge in [0.25, 0.3) is 5.91 Å². The van der Waals surface area contributed by atoms with Gasteiger partial charge in [-0.05, 0) is 63.4 Å². The van der Waals surface area contributed by atoms with E-state index in [0.29, 0.717) is 18.7 Å². The van der Waals surface area contributed by atoms with E-state index in [2.05, 4.69) is 5.32 Å². The Bertz CT molecular complexity index is 1120. The Hall–Kier alpha value is -3.60. The van der Waals surface area contributed by atoms with Crippen molar-refractivity contribution in [3.8, 4) is 5.75 Å². The minimum atomic E-state index is -0.689. The largest absolute Gasteiger partial charge is 0.484 e. The van der Waals surface area contributed by atoms with Crippen LogP contribution in [-0.2, 0) is 22.6 Å². The van der Waals surface area contributed by atoms with Crippen LogP contribution in [0.2, 0.25) is 0 Å². The van der Waals surface area contributed by atoms with Crippen molar-refractivity contribution >= 4 is 11.8 Å². The molecule has 3 aromatic carbocycles. The number of nitrogens with zero attached hydrogens (tertiary/aromatic N) is 1. The van der Waals surface area contributed by atoms with Gasteiger partial charge in [-0.15, -0.1) is 0 Å². The van der Waals surface area contributed by atoms with E-state index in [4.69, 9.17) is 4.74 Å². The summed E-state index contributed by atoms with van der Waals surface area (Å²) in [7, 11) is 0. The molecule has 184 valence electrons. The highest BCUT2D eigenvalue weighted by molar-refractivity contribution is 5.89. The summed E-state index contributed by atoms with van der Waals surface area (Å²) < 4.78 is 5.83. The summed E-state index contributed by atoms with van der Waals surface area (Å²) in [6, 6.07) is 24.6. The fourth-order valence-corrected chi connectivity index (χ4v) is 3.84. The van der Waals surface area contributed by atoms with Crippen molar-refractivity contribution in [1.82, 2.24) is 10.2 Å². The number of hydrogen-bond donors (Lipinski definition) is 1. The highest BCUT2D eigenvalue weighted by Gasteiger charge is 2.32. The van der Waals surface area contributed by atoms with Crippen molar-refractivity contribution in [1.29, 1.82) is 0 Å². The van der Waals surface area contributed by atoms with E-state index in [9.17, 15) is 9.59 Å². The second kappa shape index (κ2) is 11.7. The third kappa shape index (κ3) is 7.99. The topological polar surface area (TPSA) is 58.6 Å². The normalized spacial score (nSPS) is 12.0. The molecule has 0 bridgehead atoms. The zero-order valence-corrected chi connectivity index (χ0v) is 21.4. The molecule has 5 heteroatoms. The Morgan fingerprint density at radius 2 is 1.51 bits per heavy atom. The van der Waals surface area contributed by atoms with Gasteiger partial charge in [-0.2, -0.15) is 0 Å². The lowest BCUT2D eigenvalue weighted by Crippen LogP contribution is -2.55. The lowest BCUT2D eigenvalue weighted by Gasteiger charge is -2.34. The minimum absolute atomic E-state index is 0.150. The SMILES string of the molecule is Cc1ccc(OCC(=O)N(Cc2ccccc2C)C(Cc2ccccc2)C(=O)NC(C)(C)C)cc1. The Labute approximate surface area is 209 Å². The summed E-state index contributed by atoms with van der Waals surface area (Å²) in [6.45, 7) is 10.0. The first kappa shape index (κ1) is 26.0. The maximum absolute atomic E-state index is 13.6. The smallest absolute Gasteiger partial charge is 0.261 e. The van der Waals surface area contributed by atoms with Gasteiger partial charge in [-0.3, -0.25) is 9.59 Å². The zero-order chi connectivity index (χ0) is 25.4. The first-order valence-electron chi connectivity index (χ1n) is 12.0. The van der Waals surface area contributed by atoms with Crippen LogP contribution in [0, 0.1) is 13.8 Å². The summed E-state index contributed by atoms with van der Waals surface area (Å²) in [4.78, 5) is 28.8. The molecule has 0 fully saturated rings. The monoisotopic (exact) mass is 472 g/mol. The zero-order valence-electron chi connectivity index (χ0n) is 21.4. The molecule has 5 nitrogen and oxygen atoms in total. The van der Waals surface area contributed by atoms with E-state index < -0.39 is 11.6 Å². The summed E-state index contributed by atoms with van der Waals surface area (Å²) in [5.74, 6) is 0.205. The molecule has 35 heavy (non-hydrogen) atoms. The molecule has 0 radical (unpaired) electrons. The van der Waals surface area contributed by atoms with Crippen molar-refractivity contribution in [3.63, 3.8) is 0 Å². The lowest BCUT2D eigenvalue weighted by atomic mass is 10.00. The first-order valence-corrected chi connectivity index (χ1v) is 12.0. The van der Waals surface area contributed by atoms with Crippen LogP contribution in [0.25, 0.3) is 0 Å². The quantitative estimate of drug-likeness (QED) is 0.464. The van der Waals surface area contributed by atoms with Crippen LogP contribution in [0.3, 0.4) is 0 Å². The van der Waals surface area contributed by atoms with Crippen LogP contribution in [0.5, 0.6) is 5.75 Å². The van der Waals surface area contributed by atoms with Gasteiger partial charge in [-0.1, -0.05) is 72.3 Å². The lowest BCUT2D eigenvalue weighted by molar-refractivity contribution is -0.143. The average Bonchev–Trinajstić information content (AvgIpc) is 2.81. The predicted molar refractivity (Wildman–Crippen MR) is 140 cm³/mol. The summed E-state index contributed by atoms with van der Waals surface area (Å²) >= 11 is 0. The van der Waals surface area contributed by atoms with Gasteiger partial charge in [0, 0.05) is 18.5 Å². The Balaban J connectivity index is 1.93. The average molecular weight is 473 g/mol. The molecular weight excluding hydrogens is 436 g/mol. The van der Waals surface area contributed by atoms with Crippen LogP contribution in [0.1, 0.15) is 43.0 Å². The van der Waals surface area contributed by atoms with Gasteiger partial charge in [0.05, 0.1) is 0 Å². The molecule has 0 spiro atoms. The Morgan fingerprint density at radius 3 is 2.14 bits per heavy atom. The molecule has 1 unspecified atom stereocenters. The third-order valence-corrected chi connectivity index (χ3v) is 5.75. The molecular formula is C30H36N2O3. The predicted octanol–water partition coefficient (Wildman–Crippen LogP) is 5.24. The number of aryl methyl sites for hydroxylation is 2. The summed E-state index contributed by atoms with van der Waals surface area (Å²) in [5.41, 5.74) is 3.74. The van der Waals surface area contributed by atoms with Crippen LogP contribution in [-0.4, -0.2) is 34.9 Å². The first-order chi connectivity index (χ1) is 16.6. The summed E-state index contributed by atoms with van der Waals surface area (Å²) in [5, 5.41) is 3.08. The highest BCUT2D eigenvalue weighted by atomic mass is 16.5. The second-order valence-corrected chi connectivity index (χ2v) is 9.99. The maximum atomic E-state index is 13.6. The highest BCUT2D eigenvalue weighted by Crippen LogP contribution is 2.19. The standard InChI is InChI=1S/C30H36N2O3/c1-22-15-17-26(18-16-22)35-21-28(33)32(20-25-14-10-9-11-23(25)2)27(29(34)31-30(3,4)5)19-24-12-7-6-8-13-24/h6-18,27H,19-21H2,1-5H3,(H,31,34). The van der Waals surface area contributed by atoms with E-state index in [1.165, 1.54) is 0 Å². The molecule has 0 aromatic heterocycles. The molecule has 0 saturated carbocycles. The molecule has 1 atom stereocenters. The van der Waals surface area contributed by atoms with Gasteiger partial charge in [0.15, 0.2) is 6.61 Å². The number of hydrogen-bond acceptors (Lipinski definition) is 3. The fourth-order valence-electron chi connectivity index (χ4n) is 3.84. The van der Waals surface area contributed by atoms with Crippen molar-refractivity contribution in [2.75, 3.05) is 6.61 Å². The number of rotatable bonds is 9. The van der Waals surface area contributed by atoms with Gasteiger partial charge in [0.2, 0.25) is 5.91 Å². The Kier molecular flexibility index (Phi) is 8.69. The number of nitrogens with one attached hydrogen (secondary N) is 1. The number of carbonyl (C=O) groups excluding carboxylic acids is 2. The number of ether oxygens (including phenoxy) is 1. The number of amides is 2. The molecule has 0 aliphatic rings. The van der Waals surface area contributed by atoms with Gasteiger partial charge in [0.1, 0.15) is 11.8 Å². The number of carbonyl (C=O) groups is 2. The van der Waals surface area contributed by atoms with Gasteiger partial charge in [-0.25, -0.2) is 0 Å². The van der Waals surface area contributed by atoms with E-state index in [1.807, 2.05) is 113 Å². The molecule has 0 heterocycles. The van der Waals surface area contributed by atoms with Crippen LogP contribution in [0.15, 0.2) is 78.9 Å². The molecule has 0 aliphatic heterocycles. The van der Waals surface area contributed by atoms with Crippen LogP contribution < -0.4 is 10.1 Å². The van der Waals surface area contributed by atoms with E-state index >= 15 is 0 Å². The maximum Gasteiger partial charge on any atom is 0.261 e. The second-order valence-electron chi connectivity index (χ2n) is 9.99. The van der Waals surface area contributed by atoms with E-state index in [-0.39, 0.29) is 18.4 Å². The Morgan fingerprint density at radius 1 is 0.886 bits per heavy atom. The molecule has 0 saturated heterocycles. The molecule has 2 amide bonds. The van der Waals surface area contributed by atoms with Gasteiger partial charge >= 0.3 is 0 Å². The molecule has 3 aromatic rings. The van der Waals surface area contributed by atoms with Crippen molar-refractivity contribution in [2.24, 2.45) is 0 Å². The van der Waals surface area contributed by atoms with E-state index in [0.717, 1.165) is 22.3 Å². The van der Waals surface area contributed by atoms with E-state index in [1.54, 1.807) is 4.90 Å². The van der Waals surface area contributed by atoms with Crippen molar-refractivity contribution in [2.45, 2.75) is 59.2 Å².